The first-order valence-corrected chi connectivity index (χ1v) is 7.67. The van der Waals surface area contributed by atoms with Crippen LogP contribution >= 0.6 is 0 Å². The van der Waals surface area contributed by atoms with Crippen molar-refractivity contribution in [2.45, 2.75) is 24.9 Å². The van der Waals surface area contributed by atoms with E-state index in [0.717, 1.165) is 30.5 Å². The highest BCUT2D eigenvalue weighted by molar-refractivity contribution is 5.79. The van der Waals surface area contributed by atoms with Gasteiger partial charge in [0.2, 0.25) is 0 Å². The zero-order valence-electron chi connectivity index (χ0n) is 12.1. The van der Waals surface area contributed by atoms with Gasteiger partial charge in [0.1, 0.15) is 5.82 Å². The van der Waals surface area contributed by atoms with Gasteiger partial charge in [0.25, 0.3) is 0 Å². The van der Waals surface area contributed by atoms with E-state index in [1.807, 2.05) is 12.1 Å². The minimum Gasteiger partial charge on any atom is -0.333 e. The summed E-state index contributed by atoms with van der Waals surface area (Å²) in [5, 5.41) is 6.52. The Morgan fingerprint density at radius 1 is 1.27 bits per heavy atom. The third-order valence-corrected chi connectivity index (χ3v) is 4.72. The van der Waals surface area contributed by atoms with Gasteiger partial charge < -0.3 is 10.6 Å². The molecule has 2 heterocycles. The van der Waals surface area contributed by atoms with E-state index in [2.05, 4.69) is 10.6 Å². The number of nitrogens with one attached hydrogen (secondary N) is 2. The van der Waals surface area contributed by atoms with Crippen molar-refractivity contribution in [3.05, 3.63) is 48.5 Å². The van der Waals surface area contributed by atoms with Crippen molar-refractivity contribution in [1.29, 1.82) is 0 Å². The second-order valence-electron chi connectivity index (χ2n) is 6.23. The number of halogens is 1. The number of rotatable bonds is 2. The van der Waals surface area contributed by atoms with Gasteiger partial charge in [-0.3, -0.25) is 4.57 Å². The zero-order valence-corrected chi connectivity index (χ0v) is 12.1. The molecule has 5 heteroatoms. The third-order valence-electron chi connectivity index (χ3n) is 4.72. The zero-order chi connectivity index (χ0) is 15.1. The van der Waals surface area contributed by atoms with Crippen LogP contribution in [-0.4, -0.2) is 29.2 Å². The number of aromatic nitrogens is 1. The molecule has 1 aromatic heterocycles. The summed E-state index contributed by atoms with van der Waals surface area (Å²) in [6, 6.07) is 8.71. The van der Waals surface area contributed by atoms with Crippen LogP contribution in [0, 0.1) is 11.7 Å². The molecule has 2 fully saturated rings. The number of carbonyl (C=O) groups excluding carboxylic acids is 1. The molecule has 1 amide bonds. The molecular weight excluding hydrogens is 281 g/mol. The molecule has 0 radical (unpaired) electrons. The molecule has 4 rings (SSSR count). The minimum atomic E-state index is -0.275. The van der Waals surface area contributed by atoms with E-state index in [0.29, 0.717) is 12.0 Å². The third kappa shape index (κ3) is 2.41. The van der Waals surface area contributed by atoms with Gasteiger partial charge in [-0.15, -0.1) is 0 Å². The van der Waals surface area contributed by atoms with E-state index in [4.69, 9.17) is 0 Å². The molecule has 2 N–H and O–H groups in total. The first kappa shape index (κ1) is 13.5. The number of nitrogens with zero attached hydrogens (tertiary/aromatic N) is 1. The quantitative estimate of drug-likeness (QED) is 0.895. The van der Waals surface area contributed by atoms with Gasteiger partial charge in [-0.2, -0.15) is 0 Å². The maximum absolute atomic E-state index is 13.3. The van der Waals surface area contributed by atoms with Crippen molar-refractivity contribution in [1.82, 2.24) is 15.2 Å². The van der Waals surface area contributed by atoms with Gasteiger partial charge in [0, 0.05) is 24.5 Å². The fourth-order valence-corrected chi connectivity index (χ4v) is 3.61. The van der Waals surface area contributed by atoms with Crippen molar-refractivity contribution < 1.29 is 9.18 Å². The summed E-state index contributed by atoms with van der Waals surface area (Å²) in [6.45, 7) is 1.07. The van der Waals surface area contributed by atoms with Gasteiger partial charge in [0.05, 0.1) is 0 Å². The number of carbonyl (C=O) groups is 1. The predicted octanol–water partition coefficient (Wildman–Crippen LogP) is 2.60. The topological polar surface area (TPSA) is 46.1 Å². The highest BCUT2D eigenvalue weighted by Gasteiger charge is 2.40. The van der Waals surface area contributed by atoms with E-state index in [1.165, 1.54) is 16.7 Å². The Hall–Kier alpha value is -2.14. The Morgan fingerprint density at radius 3 is 2.91 bits per heavy atom. The Kier molecular flexibility index (Phi) is 3.22. The van der Waals surface area contributed by atoms with E-state index in [1.54, 1.807) is 18.5 Å². The molecule has 1 aliphatic carbocycles. The largest absolute Gasteiger partial charge is 0.333 e. The maximum Gasteiger partial charge on any atom is 0.325 e. The second kappa shape index (κ2) is 5.25. The summed E-state index contributed by atoms with van der Waals surface area (Å²) < 4.78 is 14.8. The Bertz CT molecular complexity index is 711. The summed E-state index contributed by atoms with van der Waals surface area (Å²) in [6.07, 6.45) is 5.67. The molecule has 3 atom stereocenters. The molecule has 1 saturated carbocycles. The Balaban J connectivity index is 1.48. The van der Waals surface area contributed by atoms with Crippen LogP contribution in [0.1, 0.15) is 12.8 Å². The van der Waals surface area contributed by atoms with Crippen LogP contribution in [0.2, 0.25) is 0 Å². The molecule has 1 aliphatic heterocycles. The fraction of sp³-hybridized carbons (Fsp3) is 0.353. The SMILES string of the molecule is O=C(NC1CC2CNC1C2)n1ccc(-c2cccc(F)c2)c1. The molecule has 4 nitrogen and oxygen atoms in total. The van der Waals surface area contributed by atoms with Crippen molar-refractivity contribution in [2.24, 2.45) is 5.92 Å². The number of fused-ring (bicyclic) bond motifs is 2. The summed E-state index contributed by atoms with van der Waals surface area (Å²) in [5.74, 6) is 0.422. The van der Waals surface area contributed by atoms with Crippen LogP contribution < -0.4 is 10.6 Å². The summed E-state index contributed by atoms with van der Waals surface area (Å²) in [4.78, 5) is 12.3. The van der Waals surface area contributed by atoms with Crippen LogP contribution in [0.4, 0.5) is 9.18 Å². The van der Waals surface area contributed by atoms with E-state index >= 15 is 0 Å². The van der Waals surface area contributed by atoms with Crippen LogP contribution in [0.25, 0.3) is 11.1 Å². The van der Waals surface area contributed by atoms with Crippen LogP contribution in [0.5, 0.6) is 0 Å². The highest BCUT2D eigenvalue weighted by atomic mass is 19.1. The fourth-order valence-electron chi connectivity index (χ4n) is 3.61. The molecule has 22 heavy (non-hydrogen) atoms. The first-order valence-electron chi connectivity index (χ1n) is 7.67. The molecule has 114 valence electrons. The van der Waals surface area contributed by atoms with Crippen molar-refractivity contribution in [3.8, 4) is 11.1 Å². The average molecular weight is 299 g/mol. The Morgan fingerprint density at radius 2 is 2.18 bits per heavy atom. The molecule has 2 bridgehead atoms. The summed E-state index contributed by atoms with van der Waals surface area (Å²) in [7, 11) is 0. The first-order chi connectivity index (χ1) is 10.7. The molecule has 1 aromatic carbocycles. The molecule has 0 spiro atoms. The van der Waals surface area contributed by atoms with E-state index in [9.17, 15) is 9.18 Å². The lowest BCUT2D eigenvalue weighted by Gasteiger charge is -2.23. The number of benzene rings is 1. The van der Waals surface area contributed by atoms with Crippen molar-refractivity contribution in [2.75, 3.05) is 6.54 Å². The second-order valence-corrected chi connectivity index (χ2v) is 6.23. The molecule has 1 saturated heterocycles. The summed E-state index contributed by atoms with van der Waals surface area (Å²) >= 11 is 0. The van der Waals surface area contributed by atoms with Gasteiger partial charge in [-0.05, 0) is 54.6 Å². The van der Waals surface area contributed by atoms with E-state index in [-0.39, 0.29) is 17.9 Å². The lowest BCUT2D eigenvalue weighted by molar-refractivity contribution is 0.234. The van der Waals surface area contributed by atoms with Gasteiger partial charge in [0.15, 0.2) is 0 Å². The van der Waals surface area contributed by atoms with Gasteiger partial charge in [-0.25, -0.2) is 9.18 Å². The smallest absolute Gasteiger partial charge is 0.325 e. The normalized spacial score (nSPS) is 26.3. The number of hydrogen-bond donors (Lipinski definition) is 2. The molecule has 2 aromatic rings. The average Bonchev–Trinajstić information content (AvgIpc) is 3.23. The van der Waals surface area contributed by atoms with Crippen LogP contribution in [-0.2, 0) is 0 Å². The van der Waals surface area contributed by atoms with Gasteiger partial charge >= 0.3 is 6.03 Å². The molecule has 2 aliphatic rings. The maximum atomic E-state index is 13.3. The summed E-state index contributed by atoms with van der Waals surface area (Å²) in [5.41, 5.74) is 1.61. The number of piperidine rings is 1. The highest BCUT2D eigenvalue weighted by Crippen LogP contribution is 2.31. The van der Waals surface area contributed by atoms with Gasteiger partial charge in [-0.1, -0.05) is 12.1 Å². The number of hydrogen-bond acceptors (Lipinski definition) is 2. The van der Waals surface area contributed by atoms with Crippen LogP contribution in [0.15, 0.2) is 42.7 Å². The van der Waals surface area contributed by atoms with E-state index < -0.39 is 0 Å². The van der Waals surface area contributed by atoms with Crippen LogP contribution in [0.3, 0.4) is 0 Å². The molecule has 3 unspecified atom stereocenters. The molecular formula is C17H18FN3O. The minimum absolute atomic E-state index is 0.123. The lowest BCUT2D eigenvalue weighted by atomic mass is 10.1. The van der Waals surface area contributed by atoms with Crippen molar-refractivity contribution in [3.63, 3.8) is 0 Å². The lowest BCUT2D eigenvalue weighted by Crippen LogP contribution is -2.48. The standard InChI is InChI=1S/C17H18FN3O/c18-14-3-1-2-12(8-14)13-4-5-21(10-13)17(22)20-16-7-11-6-15(16)19-9-11/h1-5,8,10-11,15-16,19H,6-7,9H2,(H,20,22). The monoisotopic (exact) mass is 299 g/mol. The van der Waals surface area contributed by atoms with Crippen molar-refractivity contribution >= 4 is 6.03 Å². The predicted molar refractivity (Wildman–Crippen MR) is 82.1 cm³/mol. The number of amides is 1. The Labute approximate surface area is 128 Å².